The largest absolute Gasteiger partial charge is 0.396 e. The van der Waals surface area contributed by atoms with E-state index in [0.29, 0.717) is 5.57 Å². The van der Waals surface area contributed by atoms with Gasteiger partial charge in [-0.25, -0.2) is 4.98 Å². The Morgan fingerprint density at radius 1 is 0.976 bits per heavy atom. The van der Waals surface area contributed by atoms with E-state index in [-0.39, 0.29) is 30.1 Å². The number of aromatic amines is 1. The van der Waals surface area contributed by atoms with Gasteiger partial charge in [-0.15, -0.1) is 0 Å². The van der Waals surface area contributed by atoms with Crippen LogP contribution in [-0.2, 0) is 14.2 Å². The van der Waals surface area contributed by atoms with Crippen molar-refractivity contribution in [2.24, 2.45) is 5.92 Å². The number of anilines is 1. The van der Waals surface area contributed by atoms with Crippen LogP contribution in [0, 0.1) is 5.92 Å². The van der Waals surface area contributed by atoms with Crippen LogP contribution in [0.25, 0.3) is 11.2 Å². The molecule has 18 heteroatoms. The highest BCUT2D eigenvalue weighted by Gasteiger charge is 2.50. The van der Waals surface area contributed by atoms with Crippen molar-refractivity contribution in [2.45, 2.75) is 79.9 Å². The van der Waals surface area contributed by atoms with Gasteiger partial charge in [0.2, 0.25) is 5.95 Å². The quantitative estimate of drug-likeness (QED) is 0.126. The van der Waals surface area contributed by atoms with E-state index in [0.717, 1.165) is 0 Å². The van der Waals surface area contributed by atoms with E-state index in [1.165, 1.54) is 10.9 Å². The standard InChI is InChI=1S/C24H35N5O13/c1-7-8(3-30)10(33)2-9(7)29-6-25-13-20(29)26-24(27-21(13)39)28-22-17(37)16(36)19(12(5-32)40-22)42-23-18(38)15(35)14(34)11(4-31)41-23/h6,8-12,14-19,22-23,30-38H,1-5H2,(H2,26,27,28,39)/t8-,9?,10-,11+,12+,14+,15-,16+,17+,18+,19+,22+,23+/m0/s1. The van der Waals surface area contributed by atoms with Crippen LogP contribution in [-0.4, -0.2) is 153 Å². The molecule has 2 aromatic heterocycles. The summed E-state index contributed by atoms with van der Waals surface area (Å²) < 4.78 is 18.0. The summed E-state index contributed by atoms with van der Waals surface area (Å²) in [7, 11) is 0. The minimum Gasteiger partial charge on any atom is -0.396 e. The molecule has 1 saturated carbocycles. The smallest absolute Gasteiger partial charge is 0.280 e. The lowest BCUT2D eigenvalue weighted by atomic mass is 9.96. The first-order valence-electron chi connectivity index (χ1n) is 13.3. The second-order valence-electron chi connectivity index (χ2n) is 10.6. The van der Waals surface area contributed by atoms with Crippen LogP contribution in [0.3, 0.4) is 0 Å². The fourth-order valence-corrected chi connectivity index (χ4v) is 5.64. The van der Waals surface area contributed by atoms with Gasteiger partial charge in [-0.3, -0.25) is 9.78 Å². The van der Waals surface area contributed by atoms with Crippen LogP contribution in [0.1, 0.15) is 12.5 Å². The van der Waals surface area contributed by atoms with Crippen LogP contribution in [0.2, 0.25) is 0 Å². The van der Waals surface area contributed by atoms with Crippen molar-refractivity contribution >= 4 is 17.1 Å². The molecule has 3 fully saturated rings. The van der Waals surface area contributed by atoms with Crippen LogP contribution >= 0.6 is 0 Å². The second kappa shape index (κ2) is 12.2. The predicted molar refractivity (Wildman–Crippen MR) is 138 cm³/mol. The molecule has 0 aromatic carbocycles. The van der Waals surface area contributed by atoms with E-state index >= 15 is 0 Å². The molecular weight excluding hydrogens is 566 g/mol. The maximum atomic E-state index is 12.8. The molecule has 4 heterocycles. The molecule has 1 aliphatic carbocycles. The predicted octanol–water partition coefficient (Wildman–Crippen LogP) is -5.37. The van der Waals surface area contributed by atoms with Gasteiger partial charge >= 0.3 is 0 Å². The summed E-state index contributed by atoms with van der Waals surface area (Å²) >= 11 is 0. The van der Waals surface area contributed by atoms with E-state index in [4.69, 9.17) is 14.2 Å². The number of aliphatic hydroxyl groups excluding tert-OH is 9. The number of ether oxygens (including phenoxy) is 3. The van der Waals surface area contributed by atoms with Gasteiger partial charge in [-0.05, 0) is 12.0 Å². The molecule has 42 heavy (non-hydrogen) atoms. The first kappa shape index (κ1) is 30.9. The number of aromatic nitrogens is 4. The van der Waals surface area contributed by atoms with Gasteiger partial charge in [-0.1, -0.05) is 6.58 Å². The van der Waals surface area contributed by atoms with Gasteiger partial charge in [0.05, 0.1) is 38.3 Å². The molecule has 2 aliphatic heterocycles. The molecule has 13 atom stereocenters. The van der Waals surface area contributed by atoms with E-state index < -0.39 is 98.2 Å². The third kappa shape index (κ3) is 5.34. The number of hydrogen-bond acceptors (Lipinski definition) is 16. The number of rotatable bonds is 8. The van der Waals surface area contributed by atoms with Crippen molar-refractivity contribution in [2.75, 3.05) is 25.1 Å². The summed E-state index contributed by atoms with van der Waals surface area (Å²) in [6.07, 6.45) is -15.3. The normalized spacial score (nSPS) is 41.0. The monoisotopic (exact) mass is 601 g/mol. The Morgan fingerprint density at radius 2 is 1.69 bits per heavy atom. The molecule has 2 aromatic rings. The fourth-order valence-electron chi connectivity index (χ4n) is 5.64. The first-order valence-corrected chi connectivity index (χ1v) is 13.3. The van der Waals surface area contributed by atoms with Crippen molar-refractivity contribution in [3.05, 3.63) is 28.8 Å². The minimum atomic E-state index is -1.81. The lowest BCUT2D eigenvalue weighted by Crippen LogP contribution is -2.65. The molecule has 0 amide bonds. The average molecular weight is 602 g/mol. The highest BCUT2D eigenvalue weighted by molar-refractivity contribution is 5.71. The molecule has 5 rings (SSSR count). The first-order chi connectivity index (χ1) is 20.0. The number of H-pyrrole nitrogens is 1. The molecule has 0 radical (unpaired) electrons. The number of nitrogens with one attached hydrogen (secondary N) is 2. The number of hydrogen-bond donors (Lipinski definition) is 11. The molecule has 1 unspecified atom stereocenters. The highest BCUT2D eigenvalue weighted by Crippen LogP contribution is 2.40. The molecule has 11 N–H and O–H groups in total. The molecule has 0 spiro atoms. The van der Waals surface area contributed by atoms with Crippen LogP contribution in [0.4, 0.5) is 5.95 Å². The fraction of sp³-hybridized carbons (Fsp3) is 0.708. The third-order valence-electron chi connectivity index (χ3n) is 8.08. The van der Waals surface area contributed by atoms with Crippen molar-refractivity contribution in [3.8, 4) is 0 Å². The molecule has 3 aliphatic rings. The topological polar surface area (TPSA) is 285 Å². The summed E-state index contributed by atoms with van der Waals surface area (Å²) in [5.74, 6) is -0.758. The highest BCUT2D eigenvalue weighted by atomic mass is 16.7. The van der Waals surface area contributed by atoms with Gasteiger partial charge in [0.1, 0.15) is 48.8 Å². The molecule has 2 saturated heterocycles. The minimum absolute atomic E-state index is 0.0262. The van der Waals surface area contributed by atoms with E-state index in [2.05, 4.69) is 26.8 Å². The summed E-state index contributed by atoms with van der Waals surface area (Å²) in [6, 6.07) is -0.512. The number of fused-ring (bicyclic) bond motifs is 1. The third-order valence-corrected chi connectivity index (χ3v) is 8.08. The number of aliphatic hydroxyl groups is 9. The summed E-state index contributed by atoms with van der Waals surface area (Å²) in [5, 5.41) is 93.9. The van der Waals surface area contributed by atoms with E-state index in [1.54, 1.807) is 0 Å². The zero-order valence-corrected chi connectivity index (χ0v) is 22.1. The van der Waals surface area contributed by atoms with Gasteiger partial charge < -0.3 is 70.1 Å². The van der Waals surface area contributed by atoms with Gasteiger partial charge in [0, 0.05) is 5.92 Å². The van der Waals surface area contributed by atoms with Crippen molar-refractivity contribution in [1.29, 1.82) is 0 Å². The lowest BCUT2D eigenvalue weighted by Gasteiger charge is -2.46. The van der Waals surface area contributed by atoms with Crippen molar-refractivity contribution < 1.29 is 60.2 Å². The number of imidazole rings is 1. The lowest BCUT2D eigenvalue weighted by molar-refractivity contribution is -0.340. The Morgan fingerprint density at radius 3 is 2.33 bits per heavy atom. The Hall–Kier alpha value is -2.59. The Balaban J connectivity index is 1.35. The van der Waals surface area contributed by atoms with Crippen LogP contribution < -0.4 is 10.9 Å². The zero-order chi connectivity index (χ0) is 30.5. The SMILES string of the molecule is C=C1C(n2cnc3c(=O)[nH]c(N[C@@H]4O[C@H](CO)[C@@H](O[C@H]5O[C@H](CO)[C@@H](O)[C@H](O)[C@H]5O)[C@H](O)[C@H]4O)nc32)C[C@H](O)[C@H]1CO. The summed E-state index contributed by atoms with van der Waals surface area (Å²) in [6.45, 7) is 2.18. The van der Waals surface area contributed by atoms with Gasteiger partial charge in [0.15, 0.2) is 23.7 Å². The summed E-state index contributed by atoms with van der Waals surface area (Å²) in [5.41, 5.74) is -0.0444. The molecule has 18 nitrogen and oxygen atoms in total. The Bertz CT molecular complexity index is 1320. The molecular formula is C24H35N5O13. The summed E-state index contributed by atoms with van der Waals surface area (Å²) in [4.78, 5) is 23.7. The van der Waals surface area contributed by atoms with Crippen molar-refractivity contribution in [3.63, 3.8) is 0 Å². The average Bonchev–Trinajstić information content (AvgIpc) is 3.52. The maximum Gasteiger partial charge on any atom is 0.280 e. The Labute approximate surface area is 237 Å². The van der Waals surface area contributed by atoms with E-state index in [1.807, 2.05) is 0 Å². The van der Waals surface area contributed by atoms with Gasteiger partial charge in [-0.2, -0.15) is 4.98 Å². The Kier molecular flexibility index (Phi) is 8.95. The maximum absolute atomic E-state index is 12.8. The zero-order valence-electron chi connectivity index (χ0n) is 22.1. The molecule has 234 valence electrons. The number of nitrogens with zero attached hydrogens (tertiary/aromatic N) is 3. The van der Waals surface area contributed by atoms with Crippen molar-refractivity contribution in [1.82, 2.24) is 19.5 Å². The second-order valence-corrected chi connectivity index (χ2v) is 10.6. The van der Waals surface area contributed by atoms with E-state index in [9.17, 15) is 50.8 Å². The van der Waals surface area contributed by atoms with Gasteiger partial charge in [0.25, 0.3) is 5.56 Å². The molecule has 0 bridgehead atoms. The van der Waals surface area contributed by atoms with Crippen LogP contribution in [0.15, 0.2) is 23.3 Å². The van der Waals surface area contributed by atoms with Crippen LogP contribution in [0.5, 0.6) is 0 Å².